The minimum absolute atomic E-state index is 0.0416. The molecule has 1 aliphatic carbocycles. The van der Waals surface area contributed by atoms with Crippen LogP contribution in [0.15, 0.2) is 48.9 Å². The summed E-state index contributed by atoms with van der Waals surface area (Å²) in [5.41, 5.74) is 4.08. The topological polar surface area (TPSA) is 102 Å². The van der Waals surface area contributed by atoms with Crippen molar-refractivity contribution in [1.82, 2.24) is 24.8 Å². The second kappa shape index (κ2) is 9.11. The van der Waals surface area contributed by atoms with Crippen LogP contribution in [0.2, 0.25) is 0 Å². The number of nitrogens with one attached hydrogen (secondary N) is 2. The number of aryl methyl sites for hydroxylation is 2. The van der Waals surface area contributed by atoms with Gasteiger partial charge in [0.2, 0.25) is 5.91 Å². The Labute approximate surface area is 195 Å². The quantitative estimate of drug-likeness (QED) is 0.387. The summed E-state index contributed by atoms with van der Waals surface area (Å²) in [5.74, 6) is 0.0856. The molecule has 0 aliphatic heterocycles. The fourth-order valence-electron chi connectivity index (χ4n) is 3.54. The van der Waals surface area contributed by atoms with Gasteiger partial charge in [-0.2, -0.15) is 0 Å². The van der Waals surface area contributed by atoms with E-state index in [0.717, 1.165) is 53.1 Å². The van der Waals surface area contributed by atoms with E-state index in [-0.39, 0.29) is 17.7 Å². The number of carbonyl (C=O) groups is 2. The molecule has 3 aromatic heterocycles. The predicted octanol–water partition coefficient (Wildman–Crippen LogP) is 4.03. The van der Waals surface area contributed by atoms with E-state index in [9.17, 15) is 9.59 Å². The van der Waals surface area contributed by atoms with Crippen LogP contribution in [0.1, 0.15) is 35.3 Å². The summed E-state index contributed by atoms with van der Waals surface area (Å²) in [6.45, 7) is 3.37. The number of hydrogen-bond donors (Lipinski definition) is 2. The summed E-state index contributed by atoms with van der Waals surface area (Å²) in [7, 11) is 0. The SMILES string of the molecule is Cc1cn(CCCNC(=O)c2ccc(-c3ccc4nc(NC(=O)C5CC5)sc4n3)cc2)cn1. The van der Waals surface area contributed by atoms with Crippen molar-refractivity contribution in [3.63, 3.8) is 0 Å². The number of rotatable bonds is 8. The number of imidazole rings is 1. The first kappa shape index (κ1) is 21.3. The molecule has 1 fully saturated rings. The van der Waals surface area contributed by atoms with E-state index in [1.54, 1.807) is 6.33 Å². The monoisotopic (exact) mass is 460 g/mol. The van der Waals surface area contributed by atoms with Crippen molar-refractivity contribution in [2.24, 2.45) is 5.92 Å². The van der Waals surface area contributed by atoms with E-state index in [1.807, 2.05) is 54.1 Å². The molecule has 9 heteroatoms. The van der Waals surface area contributed by atoms with Gasteiger partial charge >= 0.3 is 0 Å². The van der Waals surface area contributed by atoms with Gasteiger partial charge in [-0.05, 0) is 50.5 Å². The maximum Gasteiger partial charge on any atom is 0.251 e. The van der Waals surface area contributed by atoms with Crippen LogP contribution in [0.25, 0.3) is 21.6 Å². The Kier molecular flexibility index (Phi) is 5.87. The van der Waals surface area contributed by atoms with Crippen molar-refractivity contribution >= 4 is 38.6 Å². The lowest BCUT2D eigenvalue weighted by atomic mass is 10.1. The van der Waals surface area contributed by atoms with Gasteiger partial charge in [0, 0.05) is 36.3 Å². The van der Waals surface area contributed by atoms with E-state index in [4.69, 9.17) is 4.98 Å². The number of thiazole rings is 1. The number of nitrogens with zero attached hydrogens (tertiary/aromatic N) is 4. The van der Waals surface area contributed by atoms with Crippen LogP contribution >= 0.6 is 11.3 Å². The van der Waals surface area contributed by atoms with Crippen LogP contribution in [-0.2, 0) is 11.3 Å². The molecular weight excluding hydrogens is 436 g/mol. The first-order valence-electron chi connectivity index (χ1n) is 11.0. The molecule has 2 N–H and O–H groups in total. The number of hydrogen-bond acceptors (Lipinski definition) is 6. The zero-order valence-corrected chi connectivity index (χ0v) is 19.1. The van der Waals surface area contributed by atoms with Gasteiger partial charge in [0.1, 0.15) is 10.3 Å². The molecule has 8 nitrogen and oxygen atoms in total. The Balaban J connectivity index is 1.19. The van der Waals surface area contributed by atoms with Gasteiger partial charge in [-0.3, -0.25) is 9.59 Å². The predicted molar refractivity (Wildman–Crippen MR) is 128 cm³/mol. The molecule has 5 rings (SSSR count). The summed E-state index contributed by atoms with van der Waals surface area (Å²) in [6.07, 6.45) is 6.54. The minimum atomic E-state index is -0.0923. The van der Waals surface area contributed by atoms with Gasteiger partial charge in [-0.25, -0.2) is 15.0 Å². The van der Waals surface area contributed by atoms with Crippen molar-refractivity contribution in [3.05, 3.63) is 60.2 Å². The average Bonchev–Trinajstić information content (AvgIpc) is 3.48. The van der Waals surface area contributed by atoms with Gasteiger partial charge in [-0.1, -0.05) is 23.5 Å². The zero-order chi connectivity index (χ0) is 22.8. The molecule has 0 unspecified atom stereocenters. The molecule has 3 heterocycles. The molecular formula is C24H24N6O2S. The molecule has 33 heavy (non-hydrogen) atoms. The fraction of sp³-hybridized carbons (Fsp3) is 0.292. The van der Waals surface area contributed by atoms with E-state index in [2.05, 4.69) is 20.6 Å². The molecule has 1 saturated carbocycles. The van der Waals surface area contributed by atoms with Gasteiger partial charge < -0.3 is 15.2 Å². The van der Waals surface area contributed by atoms with E-state index < -0.39 is 0 Å². The first-order chi connectivity index (χ1) is 16.0. The van der Waals surface area contributed by atoms with Crippen molar-refractivity contribution < 1.29 is 9.59 Å². The van der Waals surface area contributed by atoms with E-state index in [1.165, 1.54) is 11.3 Å². The smallest absolute Gasteiger partial charge is 0.251 e. The third kappa shape index (κ3) is 5.09. The van der Waals surface area contributed by atoms with Crippen LogP contribution < -0.4 is 10.6 Å². The normalized spacial score (nSPS) is 13.2. The minimum Gasteiger partial charge on any atom is -0.352 e. The molecule has 0 atom stereocenters. The average molecular weight is 461 g/mol. The van der Waals surface area contributed by atoms with Gasteiger partial charge in [0.25, 0.3) is 5.91 Å². The largest absolute Gasteiger partial charge is 0.352 e. The summed E-state index contributed by atoms with van der Waals surface area (Å²) < 4.78 is 2.02. The summed E-state index contributed by atoms with van der Waals surface area (Å²) >= 11 is 1.37. The van der Waals surface area contributed by atoms with Crippen LogP contribution in [0, 0.1) is 12.8 Å². The Bertz CT molecular complexity index is 1310. The first-order valence-corrected chi connectivity index (χ1v) is 11.8. The molecule has 2 amide bonds. The number of amides is 2. The van der Waals surface area contributed by atoms with Crippen LogP contribution in [-0.4, -0.2) is 37.9 Å². The molecule has 168 valence electrons. The molecule has 1 aromatic carbocycles. The van der Waals surface area contributed by atoms with Crippen LogP contribution in [0.4, 0.5) is 5.13 Å². The highest BCUT2D eigenvalue weighted by Gasteiger charge is 2.30. The number of pyridine rings is 1. The molecule has 1 aliphatic rings. The van der Waals surface area contributed by atoms with Crippen molar-refractivity contribution in [1.29, 1.82) is 0 Å². The summed E-state index contributed by atoms with van der Waals surface area (Å²) in [5, 5.41) is 6.43. The fourth-order valence-corrected chi connectivity index (χ4v) is 4.38. The highest BCUT2D eigenvalue weighted by atomic mass is 32.1. The molecule has 0 radical (unpaired) electrons. The third-order valence-corrected chi connectivity index (χ3v) is 6.40. The number of anilines is 1. The zero-order valence-electron chi connectivity index (χ0n) is 18.2. The maximum absolute atomic E-state index is 12.4. The summed E-state index contributed by atoms with van der Waals surface area (Å²) in [6, 6.07) is 11.2. The van der Waals surface area contributed by atoms with Gasteiger partial charge in [0.15, 0.2) is 5.13 Å². The Morgan fingerprint density at radius 2 is 1.94 bits per heavy atom. The van der Waals surface area contributed by atoms with Crippen LogP contribution in [0.3, 0.4) is 0 Å². The molecule has 0 saturated heterocycles. The third-order valence-electron chi connectivity index (χ3n) is 5.52. The van der Waals surface area contributed by atoms with Gasteiger partial charge in [0.05, 0.1) is 17.7 Å². The Morgan fingerprint density at radius 3 is 2.67 bits per heavy atom. The standard InChI is InChI=1S/C24H24N6O2S/c1-15-13-30(14-26-15)12-2-11-25-21(31)17-5-3-16(4-6-17)19-9-10-20-23(27-19)33-24(28-20)29-22(32)18-7-8-18/h3-6,9-10,13-14,18H,2,7-8,11-12H2,1H3,(H,25,31)(H,28,29,32). The van der Waals surface area contributed by atoms with Crippen molar-refractivity contribution in [3.8, 4) is 11.3 Å². The summed E-state index contributed by atoms with van der Waals surface area (Å²) in [4.78, 5) is 38.5. The van der Waals surface area contributed by atoms with Crippen LogP contribution in [0.5, 0.6) is 0 Å². The second-order valence-electron chi connectivity index (χ2n) is 8.24. The van der Waals surface area contributed by atoms with E-state index in [0.29, 0.717) is 17.2 Å². The lowest BCUT2D eigenvalue weighted by Crippen LogP contribution is -2.25. The van der Waals surface area contributed by atoms with Gasteiger partial charge in [-0.15, -0.1) is 0 Å². The maximum atomic E-state index is 12.4. The Hall–Kier alpha value is -3.59. The lowest BCUT2D eigenvalue weighted by molar-refractivity contribution is -0.117. The molecule has 0 spiro atoms. The van der Waals surface area contributed by atoms with Crippen molar-refractivity contribution in [2.45, 2.75) is 32.7 Å². The number of benzene rings is 1. The highest BCUT2D eigenvalue weighted by molar-refractivity contribution is 7.22. The molecule has 0 bridgehead atoms. The number of carbonyl (C=O) groups excluding carboxylic acids is 2. The molecule has 4 aromatic rings. The number of fused-ring (bicyclic) bond motifs is 1. The van der Waals surface area contributed by atoms with Crippen molar-refractivity contribution in [2.75, 3.05) is 11.9 Å². The lowest BCUT2D eigenvalue weighted by Gasteiger charge is -2.07. The Morgan fingerprint density at radius 1 is 1.12 bits per heavy atom. The second-order valence-corrected chi connectivity index (χ2v) is 9.22. The number of aromatic nitrogens is 4. The van der Waals surface area contributed by atoms with E-state index >= 15 is 0 Å². The highest BCUT2D eigenvalue weighted by Crippen LogP contribution is 2.32.